The molecule has 0 heterocycles. The Balaban J connectivity index is 1.29. The number of aryl methyl sites for hydroxylation is 3. The molecule has 0 saturated heterocycles. The molecule has 0 spiro atoms. The molecule has 9 aromatic carbocycles. The van der Waals surface area contributed by atoms with Gasteiger partial charge in [-0.25, -0.2) is 0 Å². The molecule has 0 aliphatic heterocycles. The van der Waals surface area contributed by atoms with Crippen LogP contribution in [0.3, 0.4) is 0 Å². The highest BCUT2D eigenvalue weighted by atomic mass is 31.2. The van der Waals surface area contributed by atoms with Crippen LogP contribution in [0.2, 0.25) is 0 Å². The first-order chi connectivity index (χ1) is 42.0. The summed E-state index contributed by atoms with van der Waals surface area (Å²) in [6, 6.07) is 70.6. The van der Waals surface area contributed by atoms with Crippen molar-refractivity contribution in [3.05, 3.63) is 300 Å². The van der Waals surface area contributed by atoms with Crippen LogP contribution in [0, 0.1) is 41.5 Å². The van der Waals surface area contributed by atoms with E-state index in [0.717, 1.165) is 50.6 Å². The SMILES string of the molecule is Cc1cccc(Cc2ccc(C(C)(C)C)cc2C(COc2ccccc2)OP(OC(COc2ccccc2)c2cc(C(C)(C)C)ccc2Cc2cccc(C)c2C)OC(COc2ccccc2)c2cc(C(C)(C)C)ccc2Cc2cccc(C)c2C)c1C. The van der Waals surface area contributed by atoms with Gasteiger partial charge in [0, 0.05) is 0 Å². The van der Waals surface area contributed by atoms with Crippen LogP contribution in [0.5, 0.6) is 17.2 Å². The summed E-state index contributed by atoms with van der Waals surface area (Å²) in [5.74, 6) is 2.20. The van der Waals surface area contributed by atoms with Gasteiger partial charge in [-0.2, -0.15) is 0 Å². The maximum Gasteiger partial charge on any atom is 0.334 e. The highest BCUT2D eigenvalue weighted by molar-refractivity contribution is 7.41. The Hall–Kier alpha value is -7.31. The maximum atomic E-state index is 7.93. The second-order valence-corrected chi connectivity index (χ2v) is 28.1. The minimum absolute atomic E-state index is 0.161. The van der Waals surface area contributed by atoms with Crippen LogP contribution in [0.25, 0.3) is 0 Å². The second kappa shape index (κ2) is 28.9. The zero-order valence-electron chi connectivity index (χ0n) is 54.9. The van der Waals surface area contributed by atoms with Gasteiger partial charge in [0.25, 0.3) is 0 Å². The van der Waals surface area contributed by atoms with Gasteiger partial charge in [0.1, 0.15) is 55.4 Å². The molecule has 458 valence electrons. The minimum Gasteiger partial charge on any atom is -0.491 e. The largest absolute Gasteiger partial charge is 0.491 e. The van der Waals surface area contributed by atoms with Crippen molar-refractivity contribution in [3.63, 3.8) is 0 Å². The zero-order chi connectivity index (χ0) is 62.8. The van der Waals surface area contributed by atoms with Crippen LogP contribution >= 0.6 is 8.60 Å². The van der Waals surface area contributed by atoms with Gasteiger partial charge in [-0.15, -0.1) is 0 Å². The van der Waals surface area contributed by atoms with E-state index in [9.17, 15) is 0 Å². The predicted molar refractivity (Wildman–Crippen MR) is 366 cm³/mol. The first kappa shape index (κ1) is 65.1. The first-order valence-corrected chi connectivity index (χ1v) is 32.5. The molecule has 3 unspecified atom stereocenters. The summed E-state index contributed by atoms with van der Waals surface area (Å²) in [7, 11) is -2.39. The van der Waals surface area contributed by atoms with Crippen molar-refractivity contribution >= 4 is 8.60 Å². The molecule has 0 aromatic heterocycles. The van der Waals surface area contributed by atoms with Gasteiger partial charge >= 0.3 is 8.60 Å². The smallest absolute Gasteiger partial charge is 0.334 e. The standard InChI is InChI=1S/C81H93O6P/c1-55-28-25-31-61(58(55)4)46-64-40-43-67(79(7,8)9)49-73(64)76(52-82-70-34-19-16-20-35-70)85-88(86-77(53-83-71-36-21-17-22-37-71)74-50-68(80(10,11)12)44-41-65(74)47-62-32-26-29-56(2)59(62)5)87-78(54-84-72-38-23-18-24-39-72)75-51-69(81(13,14)15)45-42-66(75)48-63-33-27-30-57(3)60(63)6/h16-45,49-51,76-78H,46-48,52-54H2,1-15H3. The van der Waals surface area contributed by atoms with Crippen LogP contribution in [0.4, 0.5) is 0 Å². The van der Waals surface area contributed by atoms with Crippen molar-refractivity contribution < 1.29 is 27.8 Å². The molecule has 0 fully saturated rings. The van der Waals surface area contributed by atoms with E-state index in [1.165, 1.54) is 66.8 Å². The van der Waals surface area contributed by atoms with E-state index in [4.69, 9.17) is 27.8 Å². The number of ether oxygens (including phenoxy) is 3. The average molecular weight is 1190 g/mol. The van der Waals surface area contributed by atoms with Crippen molar-refractivity contribution in [2.24, 2.45) is 0 Å². The molecular formula is C81H93O6P. The Bertz CT molecular complexity index is 3350. The van der Waals surface area contributed by atoms with Crippen LogP contribution in [0.15, 0.2) is 200 Å². The second-order valence-electron chi connectivity index (χ2n) is 27.0. The molecule has 7 heteroatoms. The van der Waals surface area contributed by atoms with Crippen molar-refractivity contribution in [3.8, 4) is 17.2 Å². The molecular weight excluding hydrogens is 1100 g/mol. The molecule has 0 bridgehead atoms. The fourth-order valence-electron chi connectivity index (χ4n) is 11.2. The molecule has 6 nitrogen and oxygen atoms in total. The summed E-state index contributed by atoms with van der Waals surface area (Å²) in [5.41, 5.74) is 20.7. The van der Waals surface area contributed by atoms with Gasteiger partial charge < -0.3 is 27.8 Å². The molecule has 88 heavy (non-hydrogen) atoms. The Morgan fingerprint density at radius 1 is 0.295 bits per heavy atom. The van der Waals surface area contributed by atoms with E-state index in [1.54, 1.807) is 0 Å². The quantitative estimate of drug-likeness (QED) is 0.0562. The normalized spacial score (nSPS) is 13.4. The Kier molecular flexibility index (Phi) is 21.4. The van der Waals surface area contributed by atoms with Gasteiger partial charge in [0.05, 0.1) is 0 Å². The van der Waals surface area contributed by atoms with Crippen LogP contribution in [-0.2, 0) is 49.1 Å². The summed E-state index contributed by atoms with van der Waals surface area (Å²) in [4.78, 5) is 0. The van der Waals surface area contributed by atoms with Crippen molar-refractivity contribution in [2.75, 3.05) is 19.8 Å². The third kappa shape index (κ3) is 17.1. The summed E-state index contributed by atoms with van der Waals surface area (Å²) in [5, 5.41) is 0. The summed E-state index contributed by atoms with van der Waals surface area (Å²) >= 11 is 0. The number of rotatable bonds is 24. The molecule has 0 N–H and O–H groups in total. The third-order valence-electron chi connectivity index (χ3n) is 17.4. The molecule has 0 saturated carbocycles. The average Bonchev–Trinajstić information content (AvgIpc) is 3.02. The van der Waals surface area contributed by atoms with Crippen molar-refractivity contribution in [1.29, 1.82) is 0 Å². The molecule has 0 amide bonds. The van der Waals surface area contributed by atoms with Gasteiger partial charge in [-0.3, -0.25) is 0 Å². The monoisotopic (exact) mass is 1190 g/mol. The summed E-state index contributed by atoms with van der Waals surface area (Å²) in [6.45, 7) is 34.1. The maximum absolute atomic E-state index is 7.93. The first-order valence-electron chi connectivity index (χ1n) is 31.4. The van der Waals surface area contributed by atoms with E-state index in [1.807, 2.05) is 91.0 Å². The summed E-state index contributed by atoms with van der Waals surface area (Å²) in [6.07, 6.45) is -0.0618. The molecule has 3 atom stereocenters. The molecule has 0 aliphatic rings. The lowest BCUT2D eigenvalue weighted by Gasteiger charge is -2.33. The number of hydrogen-bond acceptors (Lipinski definition) is 6. The van der Waals surface area contributed by atoms with E-state index in [-0.39, 0.29) is 36.1 Å². The number of hydrogen-bond donors (Lipinski definition) is 0. The molecule has 0 radical (unpaired) electrons. The lowest BCUT2D eigenvalue weighted by molar-refractivity contribution is 0.0237. The zero-order valence-corrected chi connectivity index (χ0v) is 55.8. The van der Waals surface area contributed by atoms with E-state index in [2.05, 4.69) is 213 Å². The Morgan fingerprint density at radius 3 is 0.807 bits per heavy atom. The molecule has 9 rings (SSSR count). The number of benzene rings is 9. The van der Waals surface area contributed by atoms with Crippen molar-refractivity contribution in [1.82, 2.24) is 0 Å². The number of para-hydroxylation sites is 3. The topological polar surface area (TPSA) is 55.4 Å². The van der Waals surface area contributed by atoms with Gasteiger partial charge in [0.2, 0.25) is 0 Å². The third-order valence-corrected chi connectivity index (χ3v) is 18.7. The van der Waals surface area contributed by atoms with Gasteiger partial charge in [-0.1, -0.05) is 226 Å². The minimum atomic E-state index is -2.39. The van der Waals surface area contributed by atoms with Crippen molar-refractivity contribution in [2.45, 2.75) is 158 Å². The Morgan fingerprint density at radius 2 is 0.557 bits per heavy atom. The fraction of sp³-hybridized carbons (Fsp3) is 0.333. The highest BCUT2D eigenvalue weighted by Crippen LogP contribution is 2.54. The Labute approximate surface area is 528 Å². The highest BCUT2D eigenvalue weighted by Gasteiger charge is 2.35. The van der Waals surface area contributed by atoms with Gasteiger partial charge in [0.15, 0.2) is 0 Å². The van der Waals surface area contributed by atoms with E-state index >= 15 is 0 Å². The lowest BCUT2D eigenvalue weighted by Crippen LogP contribution is -2.22. The van der Waals surface area contributed by atoms with Crippen LogP contribution < -0.4 is 14.2 Å². The van der Waals surface area contributed by atoms with E-state index < -0.39 is 26.9 Å². The molecule has 9 aromatic rings. The summed E-state index contributed by atoms with van der Waals surface area (Å²) < 4.78 is 44.6. The fourth-order valence-corrected chi connectivity index (χ4v) is 12.5. The lowest BCUT2D eigenvalue weighted by atomic mass is 9.83. The van der Waals surface area contributed by atoms with Crippen LogP contribution in [0.1, 0.15) is 181 Å². The van der Waals surface area contributed by atoms with E-state index in [0.29, 0.717) is 19.3 Å². The van der Waals surface area contributed by atoms with Gasteiger partial charge in [-0.05, 0) is 214 Å². The predicted octanol–water partition coefficient (Wildman–Crippen LogP) is 21.2. The molecule has 0 aliphatic carbocycles. The van der Waals surface area contributed by atoms with Crippen LogP contribution in [-0.4, -0.2) is 19.8 Å².